The number of primary amides is 1. The molecule has 1 aliphatic heterocycles. The monoisotopic (exact) mass is 284 g/mol. The van der Waals surface area contributed by atoms with Crippen molar-refractivity contribution in [3.05, 3.63) is 0 Å². The maximum atomic E-state index is 11.8. The average molecular weight is 284 g/mol. The van der Waals surface area contributed by atoms with Gasteiger partial charge in [-0.1, -0.05) is 0 Å². The van der Waals surface area contributed by atoms with E-state index in [4.69, 9.17) is 5.73 Å². The van der Waals surface area contributed by atoms with E-state index in [9.17, 15) is 4.79 Å². The zero-order valence-corrected chi connectivity index (χ0v) is 13.8. The van der Waals surface area contributed by atoms with Gasteiger partial charge < -0.3 is 16.0 Å². The molecule has 0 saturated carbocycles. The molecule has 0 radical (unpaired) electrons. The van der Waals surface area contributed by atoms with E-state index in [1.54, 1.807) is 0 Å². The molecule has 1 amide bonds. The lowest BCUT2D eigenvalue weighted by molar-refractivity contribution is -0.124. The Morgan fingerprint density at radius 2 is 1.90 bits per heavy atom. The Labute approximate surface area is 123 Å². The molecule has 1 rings (SSSR count). The van der Waals surface area contributed by atoms with Crippen molar-refractivity contribution in [3.63, 3.8) is 0 Å². The molecule has 0 aromatic carbocycles. The van der Waals surface area contributed by atoms with Crippen molar-refractivity contribution in [2.24, 2.45) is 5.73 Å². The van der Waals surface area contributed by atoms with Crippen molar-refractivity contribution < 1.29 is 4.79 Å². The molecule has 1 saturated heterocycles. The number of carbonyl (C=O) groups excluding carboxylic acids is 1. The predicted octanol–water partition coefficient (Wildman–Crippen LogP) is 0.645. The lowest BCUT2D eigenvalue weighted by atomic mass is 9.91. The molecule has 2 atom stereocenters. The molecular formula is C15H32N4O. The van der Waals surface area contributed by atoms with E-state index < -0.39 is 5.54 Å². The van der Waals surface area contributed by atoms with E-state index in [1.165, 1.54) is 6.42 Å². The molecule has 1 fully saturated rings. The number of nitrogens with two attached hydrogens (primary N) is 1. The SMILES string of the molecule is CC(C)NC(C)(CC(C)N1CCCN(C)CC1)C(N)=O. The average Bonchev–Trinajstić information content (AvgIpc) is 2.52. The summed E-state index contributed by atoms with van der Waals surface area (Å²) in [6.07, 6.45) is 1.94. The largest absolute Gasteiger partial charge is 0.368 e. The van der Waals surface area contributed by atoms with Crippen molar-refractivity contribution in [2.75, 3.05) is 33.2 Å². The summed E-state index contributed by atoms with van der Waals surface area (Å²) in [5.74, 6) is -0.259. The van der Waals surface area contributed by atoms with E-state index in [0.29, 0.717) is 6.04 Å². The van der Waals surface area contributed by atoms with E-state index in [-0.39, 0.29) is 11.9 Å². The minimum Gasteiger partial charge on any atom is -0.368 e. The van der Waals surface area contributed by atoms with Crippen LogP contribution in [0.5, 0.6) is 0 Å². The van der Waals surface area contributed by atoms with Crippen LogP contribution in [0.1, 0.15) is 40.5 Å². The zero-order chi connectivity index (χ0) is 15.3. The molecule has 0 aromatic heterocycles. The molecule has 0 bridgehead atoms. The summed E-state index contributed by atoms with van der Waals surface area (Å²) in [5.41, 5.74) is 4.99. The van der Waals surface area contributed by atoms with Gasteiger partial charge in [0.15, 0.2) is 0 Å². The van der Waals surface area contributed by atoms with Crippen molar-refractivity contribution >= 4 is 5.91 Å². The fourth-order valence-electron chi connectivity index (χ4n) is 3.09. The second-order valence-electron chi connectivity index (χ2n) is 6.74. The Morgan fingerprint density at radius 1 is 1.25 bits per heavy atom. The molecule has 0 aromatic rings. The highest BCUT2D eigenvalue weighted by atomic mass is 16.1. The molecular weight excluding hydrogens is 252 g/mol. The van der Waals surface area contributed by atoms with Gasteiger partial charge in [0, 0.05) is 25.2 Å². The minimum atomic E-state index is -0.633. The van der Waals surface area contributed by atoms with E-state index in [2.05, 4.69) is 29.1 Å². The van der Waals surface area contributed by atoms with Crippen molar-refractivity contribution in [3.8, 4) is 0 Å². The maximum absolute atomic E-state index is 11.8. The zero-order valence-electron chi connectivity index (χ0n) is 13.8. The lowest BCUT2D eigenvalue weighted by Gasteiger charge is -2.36. The Bertz CT molecular complexity index is 321. The standard InChI is InChI=1S/C15H32N4O/c1-12(2)17-15(4,14(16)20)11-13(3)19-8-6-7-18(5)9-10-19/h12-13,17H,6-11H2,1-5H3,(H2,16,20). The van der Waals surface area contributed by atoms with Crippen LogP contribution < -0.4 is 11.1 Å². The van der Waals surface area contributed by atoms with Gasteiger partial charge in [-0.25, -0.2) is 0 Å². The third-order valence-corrected chi connectivity index (χ3v) is 4.23. The van der Waals surface area contributed by atoms with Crippen LogP contribution in [0.15, 0.2) is 0 Å². The van der Waals surface area contributed by atoms with Crippen LogP contribution in [0, 0.1) is 0 Å². The second kappa shape index (κ2) is 7.38. The fourth-order valence-corrected chi connectivity index (χ4v) is 3.09. The van der Waals surface area contributed by atoms with Gasteiger partial charge in [-0.3, -0.25) is 9.69 Å². The third kappa shape index (κ3) is 5.04. The molecule has 0 spiro atoms. The van der Waals surface area contributed by atoms with Gasteiger partial charge >= 0.3 is 0 Å². The number of carbonyl (C=O) groups is 1. The van der Waals surface area contributed by atoms with Gasteiger partial charge in [0.05, 0.1) is 5.54 Å². The highest BCUT2D eigenvalue weighted by molar-refractivity contribution is 5.84. The molecule has 5 heteroatoms. The summed E-state index contributed by atoms with van der Waals surface area (Å²) < 4.78 is 0. The van der Waals surface area contributed by atoms with Gasteiger partial charge in [0.1, 0.15) is 0 Å². The Hall–Kier alpha value is -0.650. The maximum Gasteiger partial charge on any atom is 0.237 e. The van der Waals surface area contributed by atoms with Gasteiger partial charge in [-0.05, 0) is 60.7 Å². The van der Waals surface area contributed by atoms with Crippen molar-refractivity contribution in [1.82, 2.24) is 15.1 Å². The quantitative estimate of drug-likeness (QED) is 0.751. The Balaban J connectivity index is 2.65. The summed E-state index contributed by atoms with van der Waals surface area (Å²) in [4.78, 5) is 16.7. The van der Waals surface area contributed by atoms with Gasteiger partial charge in [-0.15, -0.1) is 0 Å². The minimum absolute atomic E-state index is 0.245. The molecule has 5 nitrogen and oxygen atoms in total. The highest BCUT2D eigenvalue weighted by Crippen LogP contribution is 2.18. The number of rotatable bonds is 6. The molecule has 3 N–H and O–H groups in total. The van der Waals surface area contributed by atoms with Crippen molar-refractivity contribution in [1.29, 1.82) is 0 Å². The van der Waals surface area contributed by atoms with Crippen LogP contribution in [0.3, 0.4) is 0 Å². The van der Waals surface area contributed by atoms with Gasteiger partial charge in [0.2, 0.25) is 5.91 Å². The highest BCUT2D eigenvalue weighted by Gasteiger charge is 2.34. The smallest absolute Gasteiger partial charge is 0.237 e. The topological polar surface area (TPSA) is 61.6 Å². The normalized spacial score (nSPS) is 23.3. The lowest BCUT2D eigenvalue weighted by Crippen LogP contribution is -2.58. The molecule has 118 valence electrons. The number of amides is 1. The predicted molar refractivity (Wildman–Crippen MR) is 83.6 cm³/mol. The number of likely N-dealkylation sites (N-methyl/N-ethyl adjacent to an activating group) is 1. The third-order valence-electron chi connectivity index (χ3n) is 4.23. The Morgan fingerprint density at radius 3 is 2.45 bits per heavy atom. The summed E-state index contributed by atoms with van der Waals surface area (Å²) in [5, 5.41) is 3.34. The number of nitrogens with zero attached hydrogens (tertiary/aromatic N) is 2. The molecule has 2 unspecified atom stereocenters. The van der Waals surface area contributed by atoms with Crippen LogP contribution in [0.2, 0.25) is 0 Å². The van der Waals surface area contributed by atoms with Crippen LogP contribution in [-0.2, 0) is 4.79 Å². The van der Waals surface area contributed by atoms with Crippen LogP contribution in [-0.4, -0.2) is 66.6 Å². The summed E-state index contributed by atoms with van der Waals surface area (Å²) in [6.45, 7) is 12.6. The van der Waals surface area contributed by atoms with Gasteiger partial charge in [0.25, 0.3) is 0 Å². The van der Waals surface area contributed by atoms with E-state index >= 15 is 0 Å². The van der Waals surface area contributed by atoms with E-state index in [0.717, 1.165) is 32.6 Å². The van der Waals surface area contributed by atoms with Gasteiger partial charge in [-0.2, -0.15) is 0 Å². The first kappa shape index (κ1) is 17.4. The first-order chi connectivity index (χ1) is 9.24. The summed E-state index contributed by atoms with van der Waals surface area (Å²) in [7, 11) is 2.17. The molecule has 1 aliphatic rings. The first-order valence-electron chi connectivity index (χ1n) is 7.75. The number of nitrogens with one attached hydrogen (secondary N) is 1. The number of hydrogen-bond acceptors (Lipinski definition) is 4. The molecule has 20 heavy (non-hydrogen) atoms. The molecule has 0 aliphatic carbocycles. The molecule has 1 heterocycles. The Kier molecular flexibility index (Phi) is 6.43. The van der Waals surface area contributed by atoms with Crippen LogP contribution in [0.4, 0.5) is 0 Å². The van der Waals surface area contributed by atoms with E-state index in [1.807, 2.05) is 20.8 Å². The van der Waals surface area contributed by atoms with Crippen LogP contribution >= 0.6 is 0 Å². The van der Waals surface area contributed by atoms with Crippen molar-refractivity contribution in [2.45, 2.75) is 58.2 Å². The first-order valence-corrected chi connectivity index (χ1v) is 7.75. The van der Waals surface area contributed by atoms with Crippen LogP contribution in [0.25, 0.3) is 0 Å². The number of hydrogen-bond donors (Lipinski definition) is 2. The second-order valence-corrected chi connectivity index (χ2v) is 6.74. The summed E-state index contributed by atoms with van der Waals surface area (Å²) in [6, 6.07) is 0.597. The summed E-state index contributed by atoms with van der Waals surface area (Å²) >= 11 is 0. The fraction of sp³-hybridized carbons (Fsp3) is 0.933.